The van der Waals surface area contributed by atoms with Gasteiger partial charge in [-0.15, -0.1) is 0 Å². The topological polar surface area (TPSA) is 41.5 Å². The van der Waals surface area contributed by atoms with Crippen molar-refractivity contribution in [2.75, 3.05) is 12.4 Å². The van der Waals surface area contributed by atoms with Gasteiger partial charge in [-0.05, 0) is 25.1 Å². The zero-order valence-electron chi connectivity index (χ0n) is 10.6. The van der Waals surface area contributed by atoms with Gasteiger partial charge in [0.1, 0.15) is 11.5 Å². The maximum Gasteiger partial charge on any atom is 0.124 e. The third kappa shape index (κ3) is 2.74. The standard InChI is InChI=1S/C15H17NO2/c1-11(14-8-3-4-9-15(14)18-2)16-12-6-5-7-13(17)10-12/h3-11,16-17H,1-2H3. The highest BCUT2D eigenvalue weighted by Crippen LogP contribution is 2.28. The number of nitrogens with one attached hydrogen (secondary N) is 1. The highest BCUT2D eigenvalue weighted by atomic mass is 16.5. The number of hydrogen-bond donors (Lipinski definition) is 2. The second-order valence-electron chi connectivity index (χ2n) is 4.16. The molecule has 2 rings (SSSR count). The van der Waals surface area contributed by atoms with Crippen LogP contribution in [-0.2, 0) is 0 Å². The van der Waals surface area contributed by atoms with Gasteiger partial charge in [-0.1, -0.05) is 24.3 Å². The minimum absolute atomic E-state index is 0.1000. The number of para-hydroxylation sites is 1. The lowest BCUT2D eigenvalue weighted by atomic mass is 10.1. The number of ether oxygens (including phenoxy) is 1. The number of phenols is 1. The Hall–Kier alpha value is -2.16. The van der Waals surface area contributed by atoms with E-state index in [1.54, 1.807) is 19.2 Å². The van der Waals surface area contributed by atoms with Crippen LogP contribution in [0.1, 0.15) is 18.5 Å². The molecule has 1 atom stereocenters. The summed E-state index contributed by atoms with van der Waals surface area (Å²) in [6, 6.07) is 15.1. The fourth-order valence-corrected chi connectivity index (χ4v) is 1.95. The van der Waals surface area contributed by atoms with Gasteiger partial charge in [-0.25, -0.2) is 0 Å². The van der Waals surface area contributed by atoms with Crippen LogP contribution in [-0.4, -0.2) is 12.2 Å². The Labute approximate surface area is 107 Å². The molecule has 0 saturated carbocycles. The zero-order chi connectivity index (χ0) is 13.0. The van der Waals surface area contributed by atoms with E-state index >= 15 is 0 Å². The van der Waals surface area contributed by atoms with Crippen molar-refractivity contribution >= 4 is 5.69 Å². The monoisotopic (exact) mass is 243 g/mol. The number of methoxy groups -OCH3 is 1. The summed E-state index contributed by atoms with van der Waals surface area (Å²) in [5.74, 6) is 1.12. The molecule has 2 aromatic rings. The first kappa shape index (κ1) is 12.3. The van der Waals surface area contributed by atoms with Crippen LogP contribution >= 0.6 is 0 Å². The van der Waals surface area contributed by atoms with Gasteiger partial charge in [-0.3, -0.25) is 0 Å². The molecule has 1 unspecified atom stereocenters. The smallest absolute Gasteiger partial charge is 0.124 e. The average Bonchev–Trinajstić information content (AvgIpc) is 2.38. The maximum absolute atomic E-state index is 9.43. The molecule has 0 fully saturated rings. The van der Waals surface area contributed by atoms with Crippen LogP contribution in [0.3, 0.4) is 0 Å². The van der Waals surface area contributed by atoms with Gasteiger partial charge in [-0.2, -0.15) is 0 Å². The summed E-state index contributed by atoms with van der Waals surface area (Å²) in [5.41, 5.74) is 1.97. The van der Waals surface area contributed by atoms with Gasteiger partial charge in [0.2, 0.25) is 0 Å². The van der Waals surface area contributed by atoms with E-state index in [-0.39, 0.29) is 11.8 Å². The Morgan fingerprint density at radius 1 is 1.11 bits per heavy atom. The molecule has 0 aromatic heterocycles. The molecule has 18 heavy (non-hydrogen) atoms. The van der Waals surface area contributed by atoms with E-state index in [2.05, 4.69) is 12.2 Å². The summed E-state index contributed by atoms with van der Waals surface area (Å²) in [7, 11) is 1.67. The fraction of sp³-hybridized carbons (Fsp3) is 0.200. The normalized spacial score (nSPS) is 11.9. The molecule has 0 heterocycles. The zero-order valence-corrected chi connectivity index (χ0v) is 10.6. The molecule has 0 radical (unpaired) electrons. The molecule has 0 aliphatic carbocycles. The van der Waals surface area contributed by atoms with Crippen LogP contribution in [0.15, 0.2) is 48.5 Å². The van der Waals surface area contributed by atoms with Gasteiger partial charge < -0.3 is 15.2 Å². The average molecular weight is 243 g/mol. The van der Waals surface area contributed by atoms with Crippen LogP contribution in [0.25, 0.3) is 0 Å². The largest absolute Gasteiger partial charge is 0.508 e. The molecule has 0 bridgehead atoms. The van der Waals surface area contributed by atoms with Crippen molar-refractivity contribution in [2.24, 2.45) is 0 Å². The number of hydrogen-bond acceptors (Lipinski definition) is 3. The number of anilines is 1. The molecular formula is C15H17NO2. The third-order valence-corrected chi connectivity index (χ3v) is 2.83. The molecule has 3 heteroatoms. The molecule has 0 aliphatic rings. The second kappa shape index (κ2) is 5.45. The quantitative estimate of drug-likeness (QED) is 0.862. The molecule has 94 valence electrons. The predicted molar refractivity (Wildman–Crippen MR) is 73.1 cm³/mol. The van der Waals surface area contributed by atoms with E-state index in [1.807, 2.05) is 36.4 Å². The summed E-state index contributed by atoms with van der Waals surface area (Å²) < 4.78 is 5.34. The fourth-order valence-electron chi connectivity index (χ4n) is 1.95. The summed E-state index contributed by atoms with van der Waals surface area (Å²) in [5, 5.41) is 12.8. The Bertz CT molecular complexity index is 525. The summed E-state index contributed by atoms with van der Waals surface area (Å²) in [6.45, 7) is 2.06. The van der Waals surface area contributed by atoms with E-state index in [0.29, 0.717) is 0 Å². The number of phenolic OH excluding ortho intramolecular Hbond substituents is 1. The lowest BCUT2D eigenvalue weighted by molar-refractivity contribution is 0.408. The van der Waals surface area contributed by atoms with Gasteiger partial charge in [0.15, 0.2) is 0 Å². The maximum atomic E-state index is 9.43. The highest BCUT2D eigenvalue weighted by Gasteiger charge is 2.10. The lowest BCUT2D eigenvalue weighted by Gasteiger charge is -2.18. The molecule has 0 spiro atoms. The highest BCUT2D eigenvalue weighted by molar-refractivity contribution is 5.50. The van der Waals surface area contributed by atoms with Crippen molar-refractivity contribution in [3.05, 3.63) is 54.1 Å². The Balaban J connectivity index is 2.19. The van der Waals surface area contributed by atoms with Gasteiger partial charge in [0.25, 0.3) is 0 Å². The van der Waals surface area contributed by atoms with E-state index in [9.17, 15) is 5.11 Å². The Kier molecular flexibility index (Phi) is 3.72. The predicted octanol–water partition coefficient (Wildman–Crippen LogP) is 3.57. The van der Waals surface area contributed by atoms with Crippen LogP contribution in [0.5, 0.6) is 11.5 Å². The first-order valence-corrected chi connectivity index (χ1v) is 5.89. The SMILES string of the molecule is COc1ccccc1C(C)Nc1cccc(O)c1. The Morgan fingerprint density at radius 2 is 1.89 bits per heavy atom. The number of aromatic hydroxyl groups is 1. The van der Waals surface area contributed by atoms with Crippen molar-refractivity contribution in [1.29, 1.82) is 0 Å². The van der Waals surface area contributed by atoms with Crippen molar-refractivity contribution in [2.45, 2.75) is 13.0 Å². The van der Waals surface area contributed by atoms with E-state index < -0.39 is 0 Å². The van der Waals surface area contributed by atoms with Gasteiger partial charge in [0, 0.05) is 17.3 Å². The first-order valence-electron chi connectivity index (χ1n) is 5.89. The minimum atomic E-state index is 0.1000. The van der Waals surface area contributed by atoms with Crippen molar-refractivity contribution < 1.29 is 9.84 Å². The molecule has 0 saturated heterocycles. The molecular weight excluding hydrogens is 226 g/mol. The van der Waals surface area contributed by atoms with E-state index in [4.69, 9.17) is 4.74 Å². The molecule has 0 amide bonds. The molecule has 2 N–H and O–H groups in total. The van der Waals surface area contributed by atoms with Gasteiger partial charge in [0.05, 0.1) is 13.2 Å². The lowest BCUT2D eigenvalue weighted by Crippen LogP contribution is -2.07. The van der Waals surface area contributed by atoms with Crippen molar-refractivity contribution in [3.63, 3.8) is 0 Å². The minimum Gasteiger partial charge on any atom is -0.508 e. The summed E-state index contributed by atoms with van der Waals surface area (Å²) in [6.07, 6.45) is 0. The van der Waals surface area contributed by atoms with Crippen LogP contribution in [0.2, 0.25) is 0 Å². The first-order chi connectivity index (χ1) is 8.70. The third-order valence-electron chi connectivity index (χ3n) is 2.83. The van der Waals surface area contributed by atoms with Crippen LogP contribution in [0, 0.1) is 0 Å². The van der Waals surface area contributed by atoms with Crippen molar-refractivity contribution in [1.82, 2.24) is 0 Å². The van der Waals surface area contributed by atoms with E-state index in [0.717, 1.165) is 17.0 Å². The summed E-state index contributed by atoms with van der Waals surface area (Å²) >= 11 is 0. The van der Waals surface area contributed by atoms with E-state index in [1.165, 1.54) is 0 Å². The van der Waals surface area contributed by atoms with Gasteiger partial charge >= 0.3 is 0 Å². The second-order valence-corrected chi connectivity index (χ2v) is 4.16. The molecule has 3 nitrogen and oxygen atoms in total. The van der Waals surface area contributed by atoms with Crippen LogP contribution in [0.4, 0.5) is 5.69 Å². The van der Waals surface area contributed by atoms with Crippen LogP contribution < -0.4 is 10.1 Å². The molecule has 0 aliphatic heterocycles. The number of benzene rings is 2. The summed E-state index contributed by atoms with van der Waals surface area (Å²) in [4.78, 5) is 0. The Morgan fingerprint density at radius 3 is 2.61 bits per heavy atom. The number of rotatable bonds is 4. The molecule has 2 aromatic carbocycles. The van der Waals surface area contributed by atoms with Crippen molar-refractivity contribution in [3.8, 4) is 11.5 Å².